The zero-order valence-electron chi connectivity index (χ0n) is 30.0. The zero-order chi connectivity index (χ0) is 37.1. The van der Waals surface area contributed by atoms with Crippen LogP contribution in [-0.4, -0.2) is 11.8 Å². The summed E-state index contributed by atoms with van der Waals surface area (Å²) in [4.78, 5) is 2.16. The maximum atomic E-state index is 16.0. The average Bonchev–Trinajstić information content (AvgIpc) is 3.26. The first-order valence-corrected chi connectivity index (χ1v) is 18.7. The lowest BCUT2D eigenvalue weighted by atomic mass is 9.77. The maximum absolute atomic E-state index is 16.0. The second-order valence-electron chi connectivity index (χ2n) is 16.2. The molecule has 0 fully saturated rings. The highest BCUT2D eigenvalue weighted by atomic mass is 79.9. The highest BCUT2D eigenvalue weighted by molar-refractivity contribution is 9.10. The van der Waals surface area contributed by atoms with Gasteiger partial charge in [-0.3, -0.25) is 0 Å². The van der Waals surface area contributed by atoms with Crippen LogP contribution in [0, 0.1) is 0 Å². The Balaban J connectivity index is 1.49. The molecule has 2 aliphatic rings. The van der Waals surface area contributed by atoms with E-state index >= 15 is 17.6 Å². The molecule has 7 heteroatoms. The number of rotatable bonds is 5. The van der Waals surface area contributed by atoms with E-state index in [0.717, 1.165) is 48.3 Å². The molecule has 0 N–H and O–H groups in total. The fraction of sp³-hybridized carbons (Fsp3) is 0.318. The zero-order valence-corrected chi connectivity index (χ0v) is 33.2. The van der Waals surface area contributed by atoms with Crippen molar-refractivity contribution in [3.05, 3.63) is 134 Å². The molecule has 0 saturated heterocycles. The van der Waals surface area contributed by atoms with Crippen molar-refractivity contribution in [2.75, 3.05) is 4.90 Å². The Labute approximate surface area is 315 Å². The van der Waals surface area contributed by atoms with E-state index in [-0.39, 0.29) is 0 Å². The first-order chi connectivity index (χ1) is 23.6. The molecule has 0 amide bonds. The molecule has 0 saturated carbocycles. The number of alkyl halides is 4. The third-order valence-electron chi connectivity index (χ3n) is 11.9. The molecular weight excluding hydrogens is 778 g/mol. The van der Waals surface area contributed by atoms with Crippen LogP contribution in [0.1, 0.15) is 77.6 Å². The van der Waals surface area contributed by atoms with Crippen molar-refractivity contribution in [1.29, 1.82) is 0 Å². The minimum Gasteiger partial charge on any atom is -0.310 e. The topological polar surface area (TPSA) is 3.24 Å². The summed E-state index contributed by atoms with van der Waals surface area (Å²) >= 11 is 7.16. The summed E-state index contributed by atoms with van der Waals surface area (Å²) in [5, 5.41) is 0. The number of nitrogens with zero attached hydrogens (tertiary/aromatic N) is 1. The van der Waals surface area contributed by atoms with Crippen molar-refractivity contribution in [2.45, 2.75) is 88.9 Å². The van der Waals surface area contributed by atoms with Crippen molar-refractivity contribution < 1.29 is 17.6 Å². The van der Waals surface area contributed by atoms with Gasteiger partial charge < -0.3 is 4.90 Å². The van der Waals surface area contributed by atoms with Crippen molar-refractivity contribution in [3.8, 4) is 22.3 Å². The Bertz CT molecular complexity index is 2140. The van der Waals surface area contributed by atoms with Crippen LogP contribution in [0.5, 0.6) is 0 Å². The molecular formula is C44H41Br2F4N. The maximum Gasteiger partial charge on any atom is 0.266 e. The summed E-state index contributed by atoms with van der Waals surface area (Å²) in [7, 11) is 0. The summed E-state index contributed by atoms with van der Waals surface area (Å²) in [6.07, 6.45) is 0. The molecule has 5 aromatic rings. The molecule has 0 heterocycles. The van der Waals surface area contributed by atoms with E-state index in [1.807, 2.05) is 97.1 Å². The molecule has 0 radical (unpaired) electrons. The van der Waals surface area contributed by atoms with Gasteiger partial charge in [-0.05, 0) is 149 Å². The van der Waals surface area contributed by atoms with Gasteiger partial charge in [0.1, 0.15) is 0 Å². The SMILES string of the molecule is CC1(C)c2ccc(-c3ccc(-c4ccc5c(c4)C(C)(C)C(F)(F)C5(C)C)c(N(c4ccc(Br)cc4)c4ccc(Br)cc4)c3)cc2C(C)(C)C1(F)F. The summed E-state index contributed by atoms with van der Waals surface area (Å²) in [5.41, 5.74) is 3.15. The van der Waals surface area contributed by atoms with Crippen LogP contribution in [0.2, 0.25) is 0 Å². The van der Waals surface area contributed by atoms with E-state index in [0.29, 0.717) is 22.3 Å². The monoisotopic (exact) mass is 817 g/mol. The van der Waals surface area contributed by atoms with Gasteiger partial charge >= 0.3 is 0 Å². The Morgan fingerprint density at radius 2 is 0.765 bits per heavy atom. The lowest BCUT2D eigenvalue weighted by Crippen LogP contribution is -2.46. The summed E-state index contributed by atoms with van der Waals surface area (Å²) in [6.45, 7) is 13.0. The van der Waals surface area contributed by atoms with Crippen LogP contribution in [0.3, 0.4) is 0 Å². The van der Waals surface area contributed by atoms with Gasteiger partial charge in [0.05, 0.1) is 27.3 Å². The smallest absolute Gasteiger partial charge is 0.266 e. The Morgan fingerprint density at radius 1 is 0.412 bits per heavy atom. The number of halogens is 6. The lowest BCUT2D eigenvalue weighted by Gasteiger charge is -2.35. The van der Waals surface area contributed by atoms with Gasteiger partial charge in [-0.15, -0.1) is 0 Å². The Morgan fingerprint density at radius 3 is 1.22 bits per heavy atom. The predicted octanol–water partition coefficient (Wildman–Crippen LogP) is 14.4. The number of benzene rings is 5. The van der Waals surface area contributed by atoms with Crippen LogP contribution >= 0.6 is 31.9 Å². The second kappa shape index (κ2) is 11.5. The van der Waals surface area contributed by atoms with E-state index in [4.69, 9.17) is 0 Å². The number of hydrogen-bond donors (Lipinski definition) is 0. The van der Waals surface area contributed by atoms with Crippen molar-refractivity contribution >= 4 is 48.9 Å². The van der Waals surface area contributed by atoms with Crippen molar-refractivity contribution in [3.63, 3.8) is 0 Å². The Hall–Kier alpha value is -3.42. The molecule has 51 heavy (non-hydrogen) atoms. The van der Waals surface area contributed by atoms with Crippen LogP contribution < -0.4 is 4.90 Å². The highest BCUT2D eigenvalue weighted by Gasteiger charge is 2.66. The first kappa shape index (κ1) is 36.0. The third kappa shape index (κ3) is 5.04. The molecule has 1 nitrogen and oxygen atoms in total. The van der Waals surface area contributed by atoms with E-state index in [2.05, 4.69) is 42.8 Å². The third-order valence-corrected chi connectivity index (χ3v) is 13.0. The molecule has 0 aliphatic heterocycles. The summed E-state index contributed by atoms with van der Waals surface area (Å²) in [6, 6.07) is 33.6. The van der Waals surface area contributed by atoms with Gasteiger partial charge in [-0.1, -0.05) is 80.4 Å². The summed E-state index contributed by atoms with van der Waals surface area (Å²) < 4.78 is 65.5. The van der Waals surface area contributed by atoms with E-state index in [1.54, 1.807) is 55.4 Å². The predicted molar refractivity (Wildman–Crippen MR) is 209 cm³/mol. The van der Waals surface area contributed by atoms with Crippen LogP contribution in [0.4, 0.5) is 34.6 Å². The number of fused-ring (bicyclic) bond motifs is 2. The fourth-order valence-electron chi connectivity index (χ4n) is 8.55. The molecule has 0 bridgehead atoms. The minimum atomic E-state index is -2.96. The number of hydrogen-bond acceptors (Lipinski definition) is 1. The van der Waals surface area contributed by atoms with Crippen LogP contribution in [0.25, 0.3) is 22.3 Å². The van der Waals surface area contributed by atoms with Crippen molar-refractivity contribution in [1.82, 2.24) is 0 Å². The largest absolute Gasteiger partial charge is 0.310 e. The lowest BCUT2D eigenvalue weighted by molar-refractivity contribution is -0.105. The molecule has 0 unspecified atom stereocenters. The van der Waals surface area contributed by atoms with Gasteiger partial charge in [0, 0.05) is 25.9 Å². The quantitative estimate of drug-likeness (QED) is 0.160. The minimum absolute atomic E-state index is 0.633. The van der Waals surface area contributed by atoms with Crippen LogP contribution in [0.15, 0.2) is 112 Å². The Kier molecular flexibility index (Phi) is 8.14. The molecule has 2 aliphatic carbocycles. The van der Waals surface area contributed by atoms with Crippen LogP contribution in [-0.2, 0) is 21.7 Å². The van der Waals surface area contributed by atoms with Gasteiger partial charge in [0.15, 0.2) is 0 Å². The standard InChI is InChI=1S/C44H41Br2F4N/c1-39(2)34-21-10-26(23-36(34)41(5,6)43(39,47)48)27-9-20-33(28-11-22-35-37(24-28)42(7,8)44(49,50)40(35,3)4)38(25-27)51(31-16-12-29(45)13-17-31)32-18-14-30(46)15-19-32/h9-25H,1-8H3. The van der Waals surface area contributed by atoms with E-state index in [1.165, 1.54) is 0 Å². The van der Waals surface area contributed by atoms with Crippen molar-refractivity contribution in [2.24, 2.45) is 0 Å². The molecule has 0 spiro atoms. The summed E-state index contributed by atoms with van der Waals surface area (Å²) in [5.74, 6) is -5.90. The second-order valence-corrected chi connectivity index (χ2v) is 18.0. The van der Waals surface area contributed by atoms with E-state index in [9.17, 15) is 0 Å². The molecule has 7 rings (SSSR count). The van der Waals surface area contributed by atoms with Gasteiger partial charge in [0.2, 0.25) is 0 Å². The fourth-order valence-corrected chi connectivity index (χ4v) is 9.08. The molecule has 5 aromatic carbocycles. The normalized spacial score (nSPS) is 19.7. The van der Waals surface area contributed by atoms with Gasteiger partial charge in [-0.25, -0.2) is 17.6 Å². The van der Waals surface area contributed by atoms with E-state index < -0.39 is 33.5 Å². The van der Waals surface area contributed by atoms with Gasteiger partial charge in [-0.2, -0.15) is 0 Å². The average molecular weight is 820 g/mol. The number of anilines is 3. The molecule has 264 valence electrons. The molecule has 0 aromatic heterocycles. The first-order valence-electron chi connectivity index (χ1n) is 17.2. The van der Waals surface area contributed by atoms with Gasteiger partial charge in [0.25, 0.3) is 11.8 Å². The highest BCUT2D eigenvalue weighted by Crippen LogP contribution is 2.61. The molecule has 0 atom stereocenters.